The van der Waals surface area contributed by atoms with Crippen molar-refractivity contribution >= 4 is 44.2 Å². The molecule has 14 heavy (non-hydrogen) atoms. The van der Waals surface area contributed by atoms with E-state index in [0.717, 1.165) is 7.88 Å². The van der Waals surface area contributed by atoms with Gasteiger partial charge in [-0.2, -0.15) is 0 Å². The molecule has 0 aliphatic rings. The van der Waals surface area contributed by atoms with Gasteiger partial charge in [0.1, 0.15) is 0 Å². The lowest BCUT2D eigenvalue weighted by Crippen LogP contribution is -2.22. The Morgan fingerprint density at radius 1 is 1.36 bits per heavy atom. The average Bonchev–Trinajstić information content (AvgIpc) is 2.09. The second-order valence-electron chi connectivity index (χ2n) is 2.86. The van der Waals surface area contributed by atoms with Gasteiger partial charge < -0.3 is 0 Å². The summed E-state index contributed by atoms with van der Waals surface area (Å²) in [6.07, 6.45) is 0. The van der Waals surface area contributed by atoms with Gasteiger partial charge in [0.2, 0.25) is 10.0 Å². The molecule has 0 unspecified atom stereocenters. The molecule has 1 aromatic rings. The number of nitrogens with zero attached hydrogens (tertiary/aromatic N) is 1. The van der Waals surface area contributed by atoms with Crippen LogP contribution in [0, 0.1) is 3.57 Å². The topological polar surface area (TPSA) is 37.4 Å². The van der Waals surface area contributed by atoms with Crippen LogP contribution in [0.2, 0.25) is 5.02 Å². The zero-order valence-corrected chi connectivity index (χ0v) is 11.4. The fraction of sp³-hybridized carbons (Fsp3) is 0.250. The summed E-state index contributed by atoms with van der Waals surface area (Å²) in [5.74, 6) is 0. The van der Waals surface area contributed by atoms with Crippen LogP contribution in [0.4, 0.5) is 0 Å². The van der Waals surface area contributed by atoms with Crippen molar-refractivity contribution < 1.29 is 8.42 Å². The minimum absolute atomic E-state index is 0.216. The molecule has 0 aliphatic carbocycles. The van der Waals surface area contributed by atoms with Crippen LogP contribution in [-0.4, -0.2) is 26.8 Å². The first-order valence-corrected chi connectivity index (χ1v) is 6.63. The Hall–Kier alpha value is 0.150. The van der Waals surface area contributed by atoms with E-state index in [-0.39, 0.29) is 4.90 Å². The van der Waals surface area contributed by atoms with E-state index in [4.69, 9.17) is 11.6 Å². The maximum atomic E-state index is 11.7. The molecule has 0 spiro atoms. The highest BCUT2D eigenvalue weighted by Gasteiger charge is 2.17. The monoisotopic (exact) mass is 345 g/mol. The van der Waals surface area contributed by atoms with E-state index in [1.807, 2.05) is 22.6 Å². The Balaban J connectivity index is 3.29. The minimum Gasteiger partial charge on any atom is -0.207 e. The van der Waals surface area contributed by atoms with Gasteiger partial charge in [0, 0.05) is 17.7 Å². The summed E-state index contributed by atoms with van der Waals surface area (Å²) in [5, 5.41) is 0.452. The molecule has 0 aromatic heterocycles. The number of sulfonamides is 1. The molecule has 1 rings (SSSR count). The summed E-state index contributed by atoms with van der Waals surface area (Å²) in [6.45, 7) is 0. The normalized spacial score (nSPS) is 12.1. The highest BCUT2D eigenvalue weighted by molar-refractivity contribution is 14.1. The first-order valence-electron chi connectivity index (χ1n) is 3.73. The molecule has 0 bridgehead atoms. The lowest BCUT2D eigenvalue weighted by atomic mass is 10.4. The SMILES string of the molecule is CN(C)S(=O)(=O)c1ccc(I)c(Cl)c1. The van der Waals surface area contributed by atoms with Gasteiger partial charge >= 0.3 is 0 Å². The molecule has 0 aliphatic heterocycles. The van der Waals surface area contributed by atoms with Crippen molar-refractivity contribution in [2.24, 2.45) is 0 Å². The predicted molar refractivity (Wildman–Crippen MR) is 65.0 cm³/mol. The molecule has 6 heteroatoms. The average molecular weight is 346 g/mol. The zero-order chi connectivity index (χ0) is 10.9. The van der Waals surface area contributed by atoms with E-state index in [9.17, 15) is 8.42 Å². The lowest BCUT2D eigenvalue weighted by Gasteiger charge is -2.11. The Morgan fingerprint density at radius 2 is 1.93 bits per heavy atom. The summed E-state index contributed by atoms with van der Waals surface area (Å²) in [7, 11) is -0.396. The fourth-order valence-electron chi connectivity index (χ4n) is 0.848. The molecule has 0 atom stereocenters. The van der Waals surface area contributed by atoms with E-state index in [0.29, 0.717) is 5.02 Å². The Labute approximate surface area is 102 Å². The summed E-state index contributed by atoms with van der Waals surface area (Å²) in [6, 6.07) is 4.68. The van der Waals surface area contributed by atoms with Crippen LogP contribution >= 0.6 is 34.2 Å². The number of hydrogen-bond acceptors (Lipinski definition) is 2. The summed E-state index contributed by atoms with van der Waals surface area (Å²) in [5.41, 5.74) is 0. The molecule has 0 heterocycles. The van der Waals surface area contributed by atoms with Gasteiger partial charge in [-0.3, -0.25) is 0 Å². The van der Waals surface area contributed by atoms with Crippen LogP contribution in [0.1, 0.15) is 0 Å². The third-order valence-electron chi connectivity index (χ3n) is 1.67. The van der Waals surface area contributed by atoms with E-state index < -0.39 is 10.0 Å². The standard InChI is InChI=1S/C8H9ClINO2S/c1-11(2)14(12,13)6-3-4-8(10)7(9)5-6/h3-5H,1-2H3. The van der Waals surface area contributed by atoms with Crippen LogP contribution in [0.3, 0.4) is 0 Å². The molecular formula is C8H9ClINO2S. The van der Waals surface area contributed by atoms with Crippen molar-refractivity contribution in [2.45, 2.75) is 4.90 Å². The Morgan fingerprint density at radius 3 is 2.36 bits per heavy atom. The van der Waals surface area contributed by atoms with Crippen LogP contribution in [-0.2, 0) is 10.0 Å². The summed E-state index contributed by atoms with van der Waals surface area (Å²) < 4.78 is 25.3. The van der Waals surface area contributed by atoms with Crippen molar-refractivity contribution in [3.8, 4) is 0 Å². The van der Waals surface area contributed by atoms with Gasteiger partial charge in [0.25, 0.3) is 0 Å². The maximum absolute atomic E-state index is 11.7. The quantitative estimate of drug-likeness (QED) is 0.771. The van der Waals surface area contributed by atoms with Crippen molar-refractivity contribution in [3.63, 3.8) is 0 Å². The molecule has 78 valence electrons. The van der Waals surface area contributed by atoms with Gasteiger partial charge in [-0.15, -0.1) is 0 Å². The van der Waals surface area contributed by atoms with Gasteiger partial charge in [-0.1, -0.05) is 11.6 Å². The van der Waals surface area contributed by atoms with Gasteiger partial charge in [0.15, 0.2) is 0 Å². The summed E-state index contributed by atoms with van der Waals surface area (Å²) in [4.78, 5) is 0.216. The second kappa shape index (κ2) is 4.34. The van der Waals surface area contributed by atoms with E-state index in [1.165, 1.54) is 20.2 Å². The molecular weight excluding hydrogens is 337 g/mol. The van der Waals surface area contributed by atoms with E-state index in [1.54, 1.807) is 12.1 Å². The van der Waals surface area contributed by atoms with Gasteiger partial charge in [0.05, 0.1) is 9.92 Å². The van der Waals surface area contributed by atoms with Gasteiger partial charge in [-0.25, -0.2) is 12.7 Å². The Kier molecular flexibility index (Phi) is 3.79. The molecule has 0 N–H and O–H groups in total. The van der Waals surface area contributed by atoms with Crippen molar-refractivity contribution in [1.29, 1.82) is 0 Å². The molecule has 0 saturated carbocycles. The number of halogens is 2. The molecule has 0 saturated heterocycles. The second-order valence-corrected chi connectivity index (χ2v) is 6.58. The molecule has 3 nitrogen and oxygen atoms in total. The number of benzene rings is 1. The fourth-order valence-corrected chi connectivity index (χ4v) is 2.36. The van der Waals surface area contributed by atoms with Gasteiger partial charge in [-0.05, 0) is 40.8 Å². The van der Waals surface area contributed by atoms with Crippen molar-refractivity contribution in [2.75, 3.05) is 14.1 Å². The van der Waals surface area contributed by atoms with Crippen LogP contribution in [0.25, 0.3) is 0 Å². The smallest absolute Gasteiger partial charge is 0.207 e. The Bertz CT molecular complexity index is 445. The first kappa shape index (κ1) is 12.2. The molecule has 0 fully saturated rings. The highest BCUT2D eigenvalue weighted by atomic mass is 127. The number of rotatable bonds is 2. The maximum Gasteiger partial charge on any atom is 0.242 e. The predicted octanol–water partition coefficient (Wildman–Crippen LogP) is 2.19. The van der Waals surface area contributed by atoms with Crippen LogP contribution in [0.15, 0.2) is 23.1 Å². The van der Waals surface area contributed by atoms with E-state index >= 15 is 0 Å². The first-order chi connectivity index (χ1) is 6.35. The van der Waals surface area contributed by atoms with E-state index in [2.05, 4.69) is 0 Å². The highest BCUT2D eigenvalue weighted by Crippen LogP contribution is 2.23. The summed E-state index contributed by atoms with van der Waals surface area (Å²) >= 11 is 7.88. The third-order valence-corrected chi connectivity index (χ3v) is 5.05. The third kappa shape index (κ3) is 2.39. The molecule has 0 amide bonds. The molecule has 1 aromatic carbocycles. The minimum atomic E-state index is -3.37. The molecule has 0 radical (unpaired) electrons. The lowest BCUT2D eigenvalue weighted by molar-refractivity contribution is 0.521. The zero-order valence-electron chi connectivity index (χ0n) is 7.66. The van der Waals surface area contributed by atoms with Crippen molar-refractivity contribution in [1.82, 2.24) is 4.31 Å². The van der Waals surface area contributed by atoms with Crippen LogP contribution < -0.4 is 0 Å². The van der Waals surface area contributed by atoms with Crippen LogP contribution in [0.5, 0.6) is 0 Å². The number of hydrogen-bond donors (Lipinski definition) is 0. The largest absolute Gasteiger partial charge is 0.242 e. The van der Waals surface area contributed by atoms with Crippen molar-refractivity contribution in [3.05, 3.63) is 26.8 Å².